The zero-order valence-electron chi connectivity index (χ0n) is 24.3. The predicted octanol–water partition coefficient (Wildman–Crippen LogP) is 6.83. The van der Waals surface area contributed by atoms with Crippen molar-refractivity contribution in [1.82, 2.24) is 14.5 Å². The molecule has 42 heavy (non-hydrogen) atoms. The van der Waals surface area contributed by atoms with Crippen molar-refractivity contribution >= 4 is 27.4 Å². The Balaban J connectivity index is 1.73. The minimum Gasteiger partial charge on any atom is -0.383 e. The molecule has 0 amide bonds. The molecule has 2 aromatic carbocycles. The summed E-state index contributed by atoms with van der Waals surface area (Å²) in [5, 5.41) is 30.0. The van der Waals surface area contributed by atoms with Crippen LogP contribution in [0.25, 0.3) is 11.3 Å². The van der Waals surface area contributed by atoms with Gasteiger partial charge < -0.3 is 14.4 Å². The van der Waals surface area contributed by atoms with E-state index in [-0.39, 0.29) is 17.3 Å². The van der Waals surface area contributed by atoms with Crippen LogP contribution >= 0.6 is 11.3 Å². The lowest BCUT2D eigenvalue weighted by molar-refractivity contribution is 0.190. The van der Waals surface area contributed by atoms with E-state index in [0.29, 0.717) is 49.5 Å². The molecule has 0 bridgehead atoms. The van der Waals surface area contributed by atoms with Gasteiger partial charge in [0.25, 0.3) is 5.95 Å². The van der Waals surface area contributed by atoms with Gasteiger partial charge in [-0.25, -0.2) is 4.98 Å². The lowest BCUT2D eigenvalue weighted by Gasteiger charge is -2.20. The summed E-state index contributed by atoms with van der Waals surface area (Å²) >= 11 is 1.40. The largest absolute Gasteiger partial charge is 0.383 e. The predicted molar refractivity (Wildman–Crippen MR) is 164 cm³/mol. The second kappa shape index (κ2) is 15.0. The number of hydrogen-bond acceptors (Lipinski definition) is 10. The standard InChI is InChI=1S/C31H34N8O2S/c1-5-22(2)24-13-11-23(12-14-24)21-39-27(20-33)26(19-32)34-30(39)37-36-29-28(25-9-7-6-8-10-25)35-31(42-29)38(15-17-40-3)16-18-41-4/h6-14,22H,5,15-18,21H2,1-4H3. The van der Waals surface area contributed by atoms with E-state index in [1.54, 1.807) is 18.8 Å². The van der Waals surface area contributed by atoms with Gasteiger partial charge in [-0.2, -0.15) is 15.5 Å². The Labute approximate surface area is 250 Å². The van der Waals surface area contributed by atoms with Gasteiger partial charge in [0.2, 0.25) is 0 Å². The summed E-state index contributed by atoms with van der Waals surface area (Å²) in [6.45, 7) is 7.02. The molecule has 0 aliphatic rings. The minimum absolute atomic E-state index is 0.0151. The van der Waals surface area contributed by atoms with E-state index in [1.807, 2.05) is 48.5 Å². The number of nitriles is 2. The molecule has 2 aromatic heterocycles. The number of rotatable bonds is 14. The Morgan fingerprint density at radius 3 is 2.24 bits per heavy atom. The van der Waals surface area contributed by atoms with E-state index >= 15 is 0 Å². The van der Waals surface area contributed by atoms with Gasteiger partial charge in [0.15, 0.2) is 21.5 Å². The molecular formula is C31H34N8O2S. The Morgan fingerprint density at radius 2 is 1.64 bits per heavy atom. The molecule has 0 N–H and O–H groups in total. The lowest BCUT2D eigenvalue weighted by atomic mass is 9.98. The van der Waals surface area contributed by atoms with Gasteiger partial charge in [-0.15, -0.1) is 10.2 Å². The first-order valence-corrected chi connectivity index (χ1v) is 14.5. The molecule has 0 saturated carbocycles. The molecule has 11 heteroatoms. The summed E-state index contributed by atoms with van der Waals surface area (Å²) in [7, 11) is 3.33. The Kier molecular flexibility index (Phi) is 10.9. The van der Waals surface area contributed by atoms with Crippen LogP contribution in [0.1, 0.15) is 48.7 Å². The Morgan fingerprint density at radius 1 is 0.952 bits per heavy atom. The average Bonchev–Trinajstić information content (AvgIpc) is 3.61. The van der Waals surface area contributed by atoms with Crippen LogP contribution in [-0.2, 0) is 16.0 Å². The number of thiazole rings is 1. The highest BCUT2D eigenvalue weighted by Crippen LogP contribution is 2.40. The lowest BCUT2D eigenvalue weighted by Crippen LogP contribution is -2.30. The molecule has 0 spiro atoms. The smallest absolute Gasteiger partial charge is 0.252 e. The molecule has 216 valence electrons. The van der Waals surface area contributed by atoms with Gasteiger partial charge in [0.1, 0.15) is 17.8 Å². The number of azo groups is 1. The summed E-state index contributed by atoms with van der Waals surface area (Å²) in [6.07, 6.45) is 1.05. The van der Waals surface area contributed by atoms with Gasteiger partial charge in [-0.05, 0) is 23.5 Å². The highest BCUT2D eigenvalue weighted by molar-refractivity contribution is 7.19. The molecule has 0 radical (unpaired) electrons. The molecule has 0 fully saturated rings. The van der Waals surface area contributed by atoms with Crippen LogP contribution in [0.5, 0.6) is 0 Å². The molecule has 2 heterocycles. The van der Waals surface area contributed by atoms with Crippen LogP contribution in [0.15, 0.2) is 64.8 Å². The highest BCUT2D eigenvalue weighted by Gasteiger charge is 2.20. The van der Waals surface area contributed by atoms with Crippen LogP contribution < -0.4 is 4.90 Å². The second-order valence-electron chi connectivity index (χ2n) is 9.66. The Hall–Kier alpha value is -4.42. The minimum atomic E-state index is 0.0151. The number of aromatic nitrogens is 3. The van der Waals surface area contributed by atoms with Crippen molar-refractivity contribution in [2.45, 2.75) is 32.7 Å². The first kappa shape index (κ1) is 30.5. The van der Waals surface area contributed by atoms with E-state index in [1.165, 1.54) is 16.9 Å². The van der Waals surface area contributed by atoms with Gasteiger partial charge >= 0.3 is 0 Å². The van der Waals surface area contributed by atoms with Crippen molar-refractivity contribution in [3.63, 3.8) is 0 Å². The molecule has 10 nitrogen and oxygen atoms in total. The van der Waals surface area contributed by atoms with Crippen LogP contribution in [0.2, 0.25) is 0 Å². The van der Waals surface area contributed by atoms with Gasteiger partial charge in [0.05, 0.1) is 19.8 Å². The summed E-state index contributed by atoms with van der Waals surface area (Å²) in [5.41, 5.74) is 3.96. The molecule has 1 atom stereocenters. The average molecular weight is 583 g/mol. The maximum absolute atomic E-state index is 9.89. The van der Waals surface area contributed by atoms with Gasteiger partial charge in [-0.1, -0.05) is 79.8 Å². The van der Waals surface area contributed by atoms with Crippen LogP contribution in [0.3, 0.4) is 0 Å². The van der Waals surface area contributed by atoms with Crippen molar-refractivity contribution in [3.05, 3.63) is 77.1 Å². The summed E-state index contributed by atoms with van der Waals surface area (Å²) < 4.78 is 12.3. The van der Waals surface area contributed by atoms with Crippen molar-refractivity contribution in [3.8, 4) is 23.4 Å². The molecule has 0 saturated heterocycles. The third-order valence-corrected chi connectivity index (χ3v) is 7.94. The molecule has 0 aliphatic heterocycles. The molecule has 4 rings (SSSR count). The summed E-state index contributed by atoms with van der Waals surface area (Å²) in [4.78, 5) is 11.4. The zero-order valence-corrected chi connectivity index (χ0v) is 25.1. The van der Waals surface area contributed by atoms with Gasteiger partial charge in [0, 0.05) is 32.9 Å². The number of hydrogen-bond donors (Lipinski definition) is 0. The van der Waals surface area contributed by atoms with E-state index in [9.17, 15) is 10.5 Å². The maximum atomic E-state index is 9.89. The normalized spacial score (nSPS) is 11.9. The van der Waals surface area contributed by atoms with Crippen LogP contribution in [0, 0.1) is 22.7 Å². The quantitative estimate of drug-likeness (QED) is 0.149. The maximum Gasteiger partial charge on any atom is 0.252 e. The van der Waals surface area contributed by atoms with Crippen molar-refractivity contribution < 1.29 is 9.47 Å². The second-order valence-corrected chi connectivity index (χ2v) is 10.6. The third-order valence-electron chi connectivity index (χ3n) is 6.94. The topological polar surface area (TPSA) is 125 Å². The van der Waals surface area contributed by atoms with Crippen LogP contribution in [-0.4, -0.2) is 55.1 Å². The number of benzene rings is 2. The molecular weight excluding hydrogens is 548 g/mol. The van der Waals surface area contributed by atoms with E-state index in [2.05, 4.69) is 52.2 Å². The number of ether oxygens (including phenoxy) is 2. The SMILES string of the molecule is CCC(C)c1ccc(Cn2c(N=Nc3sc(N(CCOC)CCOC)nc3-c3ccccc3)nc(C#N)c2C#N)cc1. The zero-order chi connectivity index (χ0) is 29.9. The first-order chi connectivity index (χ1) is 20.5. The third kappa shape index (κ3) is 7.25. The fourth-order valence-corrected chi connectivity index (χ4v) is 5.28. The summed E-state index contributed by atoms with van der Waals surface area (Å²) in [6, 6.07) is 22.2. The fourth-order valence-electron chi connectivity index (χ4n) is 4.31. The van der Waals surface area contributed by atoms with Gasteiger partial charge in [-0.3, -0.25) is 4.57 Å². The van der Waals surface area contributed by atoms with Crippen molar-refractivity contribution in [2.75, 3.05) is 45.4 Å². The van der Waals surface area contributed by atoms with Crippen molar-refractivity contribution in [2.24, 2.45) is 10.2 Å². The number of anilines is 1. The van der Waals surface area contributed by atoms with E-state index in [4.69, 9.17) is 14.5 Å². The molecule has 0 aliphatic carbocycles. The number of nitrogens with zero attached hydrogens (tertiary/aromatic N) is 8. The van der Waals surface area contributed by atoms with Crippen molar-refractivity contribution in [1.29, 1.82) is 10.5 Å². The molecule has 1 unspecified atom stereocenters. The monoisotopic (exact) mass is 582 g/mol. The Bertz CT molecular complexity index is 1560. The summed E-state index contributed by atoms with van der Waals surface area (Å²) in [5.74, 6) is 0.637. The van der Waals surface area contributed by atoms with E-state index in [0.717, 1.165) is 22.7 Å². The highest BCUT2D eigenvalue weighted by atomic mass is 32.1. The molecule has 4 aromatic rings. The number of methoxy groups -OCH3 is 2. The fraction of sp³-hybridized carbons (Fsp3) is 0.355. The van der Waals surface area contributed by atoms with Crippen LogP contribution in [0.4, 0.5) is 16.1 Å². The van der Waals surface area contributed by atoms with E-state index < -0.39 is 0 Å². The first-order valence-electron chi connectivity index (χ1n) is 13.7. The number of imidazole rings is 1.